The van der Waals surface area contributed by atoms with E-state index in [1.165, 1.54) is 0 Å². The van der Waals surface area contributed by atoms with E-state index in [9.17, 15) is 4.79 Å². The zero-order valence-electron chi connectivity index (χ0n) is 11.9. The molecule has 0 aliphatic rings. The Morgan fingerprint density at radius 1 is 1.11 bits per heavy atom. The summed E-state index contributed by atoms with van der Waals surface area (Å²) in [5.74, 6) is 0.114. The Labute approximate surface area is 110 Å². The quantitative estimate of drug-likeness (QED) is 0.750. The summed E-state index contributed by atoms with van der Waals surface area (Å²) in [6.45, 7) is 6.20. The molecule has 0 bridgehead atoms. The average Bonchev–Trinajstić information content (AvgIpc) is 2.33. The van der Waals surface area contributed by atoms with Crippen molar-refractivity contribution in [3.05, 3.63) is 23.3 Å². The van der Waals surface area contributed by atoms with Gasteiger partial charge in [-0.2, -0.15) is 0 Å². The summed E-state index contributed by atoms with van der Waals surface area (Å²) in [4.78, 5) is 11.8. The van der Waals surface area contributed by atoms with Crippen LogP contribution in [0.2, 0.25) is 0 Å². The first-order chi connectivity index (χ1) is 8.58. The van der Waals surface area contributed by atoms with Gasteiger partial charge in [0.25, 0.3) is 0 Å². The van der Waals surface area contributed by atoms with Crippen LogP contribution in [0.5, 0.6) is 0 Å². The van der Waals surface area contributed by atoms with Crippen LogP contribution in [-0.4, -0.2) is 13.0 Å². The Morgan fingerprint density at radius 2 is 1.72 bits per heavy atom. The molecule has 1 aromatic carbocycles. The van der Waals surface area contributed by atoms with E-state index in [0.29, 0.717) is 6.42 Å². The highest BCUT2D eigenvalue weighted by atomic mass is 16.1. The molecule has 18 heavy (non-hydrogen) atoms. The number of benzene rings is 1. The minimum Gasteiger partial charge on any atom is -0.388 e. The van der Waals surface area contributed by atoms with Crippen molar-refractivity contribution in [2.75, 3.05) is 17.7 Å². The van der Waals surface area contributed by atoms with Crippen molar-refractivity contribution in [2.45, 2.75) is 46.5 Å². The van der Waals surface area contributed by atoms with Crippen molar-refractivity contribution in [1.82, 2.24) is 0 Å². The Balaban J connectivity index is 2.67. The first-order valence-corrected chi connectivity index (χ1v) is 6.67. The molecular weight excluding hydrogens is 224 g/mol. The molecule has 0 atom stereocenters. The summed E-state index contributed by atoms with van der Waals surface area (Å²) >= 11 is 0. The number of nitrogens with one attached hydrogen (secondary N) is 2. The highest BCUT2D eigenvalue weighted by Gasteiger charge is 2.07. The van der Waals surface area contributed by atoms with Gasteiger partial charge < -0.3 is 10.6 Å². The van der Waals surface area contributed by atoms with Crippen LogP contribution >= 0.6 is 0 Å². The molecule has 0 fully saturated rings. The third kappa shape index (κ3) is 4.06. The smallest absolute Gasteiger partial charge is 0.224 e. The standard InChI is InChI=1S/C15H24N2O/c1-5-6-7-8-15(18)17-14-10-11(2)13(16-4)9-12(14)3/h9-10,16H,5-8H2,1-4H3,(H,17,18). The number of amides is 1. The van der Waals surface area contributed by atoms with E-state index in [1.54, 1.807) is 0 Å². The molecular formula is C15H24N2O. The summed E-state index contributed by atoms with van der Waals surface area (Å²) in [6.07, 6.45) is 3.83. The molecule has 1 rings (SSSR count). The van der Waals surface area contributed by atoms with Gasteiger partial charge in [0.2, 0.25) is 5.91 Å². The second kappa shape index (κ2) is 7.04. The number of hydrogen-bond acceptors (Lipinski definition) is 2. The Hall–Kier alpha value is -1.51. The molecule has 0 radical (unpaired) electrons. The lowest BCUT2D eigenvalue weighted by molar-refractivity contribution is -0.116. The molecule has 0 saturated heterocycles. The van der Waals surface area contributed by atoms with Crippen LogP contribution in [0.1, 0.15) is 43.7 Å². The van der Waals surface area contributed by atoms with Gasteiger partial charge in [-0.05, 0) is 43.5 Å². The Kier molecular flexibility index (Phi) is 5.69. The second-order valence-corrected chi connectivity index (χ2v) is 4.74. The molecule has 3 heteroatoms. The molecule has 0 spiro atoms. The molecule has 0 heterocycles. The predicted octanol–water partition coefficient (Wildman–Crippen LogP) is 3.86. The number of rotatable bonds is 6. The van der Waals surface area contributed by atoms with Crippen molar-refractivity contribution in [2.24, 2.45) is 0 Å². The van der Waals surface area contributed by atoms with Gasteiger partial charge in [-0.1, -0.05) is 19.8 Å². The topological polar surface area (TPSA) is 41.1 Å². The SMILES string of the molecule is CCCCCC(=O)Nc1cc(C)c(NC)cc1C. The molecule has 0 aliphatic heterocycles. The fourth-order valence-electron chi connectivity index (χ4n) is 1.97. The second-order valence-electron chi connectivity index (χ2n) is 4.74. The number of hydrogen-bond donors (Lipinski definition) is 2. The molecule has 0 aromatic heterocycles. The number of carbonyl (C=O) groups is 1. The fraction of sp³-hybridized carbons (Fsp3) is 0.533. The summed E-state index contributed by atoms with van der Waals surface area (Å²) in [5, 5.41) is 6.14. The molecule has 3 nitrogen and oxygen atoms in total. The number of carbonyl (C=O) groups excluding carboxylic acids is 1. The zero-order chi connectivity index (χ0) is 13.5. The van der Waals surface area contributed by atoms with E-state index in [0.717, 1.165) is 41.8 Å². The first-order valence-electron chi connectivity index (χ1n) is 6.67. The van der Waals surface area contributed by atoms with E-state index in [1.807, 2.05) is 27.0 Å². The van der Waals surface area contributed by atoms with Crippen molar-refractivity contribution >= 4 is 17.3 Å². The highest BCUT2D eigenvalue weighted by Crippen LogP contribution is 2.24. The van der Waals surface area contributed by atoms with Crippen molar-refractivity contribution in [1.29, 1.82) is 0 Å². The van der Waals surface area contributed by atoms with Crippen LogP contribution in [0.25, 0.3) is 0 Å². The first kappa shape index (κ1) is 14.6. The number of aryl methyl sites for hydroxylation is 2. The van der Waals surface area contributed by atoms with E-state index in [4.69, 9.17) is 0 Å². The molecule has 0 saturated carbocycles. The van der Waals surface area contributed by atoms with E-state index in [2.05, 4.69) is 23.6 Å². The van der Waals surface area contributed by atoms with Gasteiger partial charge in [-0.15, -0.1) is 0 Å². The van der Waals surface area contributed by atoms with Crippen LogP contribution in [0.3, 0.4) is 0 Å². The largest absolute Gasteiger partial charge is 0.388 e. The normalized spacial score (nSPS) is 10.2. The predicted molar refractivity (Wildman–Crippen MR) is 78.2 cm³/mol. The summed E-state index contributed by atoms with van der Waals surface area (Å²) in [5.41, 5.74) is 4.27. The summed E-state index contributed by atoms with van der Waals surface area (Å²) in [6, 6.07) is 4.09. The summed E-state index contributed by atoms with van der Waals surface area (Å²) in [7, 11) is 1.91. The van der Waals surface area contributed by atoms with Crippen LogP contribution in [0.15, 0.2) is 12.1 Å². The van der Waals surface area contributed by atoms with Gasteiger partial charge in [0, 0.05) is 24.8 Å². The van der Waals surface area contributed by atoms with Gasteiger partial charge in [0.05, 0.1) is 0 Å². The third-order valence-electron chi connectivity index (χ3n) is 3.12. The monoisotopic (exact) mass is 248 g/mol. The van der Waals surface area contributed by atoms with Crippen LogP contribution < -0.4 is 10.6 Å². The van der Waals surface area contributed by atoms with E-state index < -0.39 is 0 Å². The van der Waals surface area contributed by atoms with Gasteiger partial charge in [-0.3, -0.25) is 4.79 Å². The molecule has 2 N–H and O–H groups in total. The zero-order valence-corrected chi connectivity index (χ0v) is 11.9. The lowest BCUT2D eigenvalue weighted by Crippen LogP contribution is -2.12. The maximum atomic E-state index is 11.8. The fourth-order valence-corrected chi connectivity index (χ4v) is 1.97. The van der Waals surface area contributed by atoms with Gasteiger partial charge in [0.1, 0.15) is 0 Å². The van der Waals surface area contributed by atoms with Crippen molar-refractivity contribution in [3.8, 4) is 0 Å². The lowest BCUT2D eigenvalue weighted by atomic mass is 10.1. The van der Waals surface area contributed by atoms with E-state index >= 15 is 0 Å². The van der Waals surface area contributed by atoms with Crippen molar-refractivity contribution in [3.63, 3.8) is 0 Å². The Bertz CT molecular complexity index is 413. The summed E-state index contributed by atoms with van der Waals surface area (Å²) < 4.78 is 0. The van der Waals surface area contributed by atoms with Crippen LogP contribution in [-0.2, 0) is 4.79 Å². The maximum absolute atomic E-state index is 11.8. The number of anilines is 2. The number of unbranched alkanes of at least 4 members (excludes halogenated alkanes) is 2. The van der Waals surface area contributed by atoms with Crippen LogP contribution in [0, 0.1) is 13.8 Å². The minimum atomic E-state index is 0.114. The molecule has 100 valence electrons. The lowest BCUT2D eigenvalue weighted by Gasteiger charge is -2.13. The van der Waals surface area contributed by atoms with Crippen molar-refractivity contribution < 1.29 is 4.79 Å². The maximum Gasteiger partial charge on any atom is 0.224 e. The van der Waals surface area contributed by atoms with Crippen LogP contribution in [0.4, 0.5) is 11.4 Å². The molecule has 0 aliphatic carbocycles. The molecule has 0 unspecified atom stereocenters. The highest BCUT2D eigenvalue weighted by molar-refractivity contribution is 5.92. The Morgan fingerprint density at radius 3 is 2.33 bits per heavy atom. The molecule has 1 aromatic rings. The average molecular weight is 248 g/mol. The van der Waals surface area contributed by atoms with Gasteiger partial charge >= 0.3 is 0 Å². The third-order valence-corrected chi connectivity index (χ3v) is 3.12. The van der Waals surface area contributed by atoms with Gasteiger partial charge in [-0.25, -0.2) is 0 Å². The molecule has 1 amide bonds. The van der Waals surface area contributed by atoms with Gasteiger partial charge in [0.15, 0.2) is 0 Å². The minimum absolute atomic E-state index is 0.114. The van der Waals surface area contributed by atoms with E-state index in [-0.39, 0.29) is 5.91 Å².